The van der Waals surface area contributed by atoms with Gasteiger partial charge in [0.2, 0.25) is 5.95 Å². The van der Waals surface area contributed by atoms with Crippen LogP contribution in [-0.4, -0.2) is 73.3 Å². The van der Waals surface area contributed by atoms with E-state index in [2.05, 4.69) is 42.5 Å². The zero-order valence-corrected chi connectivity index (χ0v) is 16.6. The summed E-state index contributed by atoms with van der Waals surface area (Å²) in [5, 5.41) is 6.11. The van der Waals surface area contributed by atoms with Crippen LogP contribution in [0.1, 0.15) is 23.3 Å². The van der Waals surface area contributed by atoms with E-state index < -0.39 is 0 Å². The number of rotatable bonds is 7. The molecule has 1 aromatic carbocycles. The van der Waals surface area contributed by atoms with Crippen LogP contribution in [0.15, 0.2) is 36.5 Å². The van der Waals surface area contributed by atoms with Gasteiger partial charge in [0.05, 0.1) is 13.2 Å². The molecule has 29 heavy (non-hydrogen) atoms. The molecule has 2 saturated heterocycles. The van der Waals surface area contributed by atoms with E-state index in [1.165, 1.54) is 18.5 Å². The zero-order chi connectivity index (χ0) is 19.9. The highest BCUT2D eigenvalue weighted by molar-refractivity contribution is 5.92. The molecule has 2 aliphatic heterocycles. The number of carbonyl (C=O) groups excluding carboxylic acids is 1. The van der Waals surface area contributed by atoms with E-state index in [9.17, 15) is 4.79 Å². The van der Waals surface area contributed by atoms with Crippen molar-refractivity contribution in [2.45, 2.75) is 12.8 Å². The molecule has 8 nitrogen and oxygen atoms in total. The van der Waals surface area contributed by atoms with Gasteiger partial charge in [-0.1, -0.05) is 0 Å². The lowest BCUT2D eigenvalue weighted by molar-refractivity contribution is 0.0383. The smallest absolute Gasteiger partial charge is 0.270 e. The second-order valence-corrected chi connectivity index (χ2v) is 7.34. The molecule has 2 fully saturated rings. The third-order valence-electron chi connectivity index (χ3n) is 5.30. The maximum absolute atomic E-state index is 12.4. The number of amides is 1. The predicted octanol–water partition coefficient (Wildman–Crippen LogP) is 1.88. The van der Waals surface area contributed by atoms with Gasteiger partial charge in [-0.25, -0.2) is 9.97 Å². The number of carbonyl (C=O) groups is 1. The summed E-state index contributed by atoms with van der Waals surface area (Å²) in [6.45, 7) is 6.99. The molecule has 0 aliphatic carbocycles. The number of aromatic nitrogens is 2. The summed E-state index contributed by atoms with van der Waals surface area (Å²) in [6.07, 6.45) is 4.12. The lowest BCUT2D eigenvalue weighted by atomic mass is 10.2. The van der Waals surface area contributed by atoms with Crippen molar-refractivity contribution in [2.24, 2.45) is 0 Å². The first-order valence-corrected chi connectivity index (χ1v) is 10.3. The van der Waals surface area contributed by atoms with Gasteiger partial charge in [0.25, 0.3) is 5.91 Å². The molecule has 8 heteroatoms. The summed E-state index contributed by atoms with van der Waals surface area (Å²) >= 11 is 0. The highest BCUT2D eigenvalue weighted by Crippen LogP contribution is 2.23. The molecule has 2 N–H and O–H groups in total. The number of ether oxygens (including phenoxy) is 1. The Kier molecular flexibility index (Phi) is 6.53. The highest BCUT2D eigenvalue weighted by Gasteiger charge is 2.13. The van der Waals surface area contributed by atoms with Crippen LogP contribution in [0, 0.1) is 0 Å². The van der Waals surface area contributed by atoms with Crippen LogP contribution in [0.5, 0.6) is 0 Å². The normalized spacial score (nSPS) is 17.3. The average molecular weight is 396 g/mol. The zero-order valence-electron chi connectivity index (χ0n) is 16.6. The van der Waals surface area contributed by atoms with Gasteiger partial charge in [-0.05, 0) is 43.2 Å². The summed E-state index contributed by atoms with van der Waals surface area (Å²) < 4.78 is 5.34. The molecule has 0 spiro atoms. The van der Waals surface area contributed by atoms with Crippen molar-refractivity contribution < 1.29 is 9.53 Å². The molecule has 2 aliphatic rings. The molecule has 3 heterocycles. The van der Waals surface area contributed by atoms with Crippen molar-refractivity contribution in [1.82, 2.24) is 20.2 Å². The van der Waals surface area contributed by atoms with E-state index in [1.54, 1.807) is 12.3 Å². The van der Waals surface area contributed by atoms with Gasteiger partial charge < -0.3 is 20.3 Å². The first kappa shape index (κ1) is 19.6. The number of hydrogen-bond donors (Lipinski definition) is 2. The molecule has 154 valence electrons. The van der Waals surface area contributed by atoms with Crippen molar-refractivity contribution >= 4 is 23.2 Å². The number of hydrogen-bond acceptors (Lipinski definition) is 7. The van der Waals surface area contributed by atoms with E-state index >= 15 is 0 Å². The van der Waals surface area contributed by atoms with Crippen LogP contribution >= 0.6 is 0 Å². The fraction of sp³-hybridized carbons (Fsp3) is 0.476. The van der Waals surface area contributed by atoms with E-state index in [0.29, 0.717) is 18.2 Å². The number of benzene rings is 1. The quantitative estimate of drug-likeness (QED) is 0.739. The molecule has 0 radical (unpaired) electrons. The lowest BCUT2D eigenvalue weighted by Gasteiger charge is -2.26. The van der Waals surface area contributed by atoms with Gasteiger partial charge in [0.15, 0.2) is 0 Å². The Bertz CT molecular complexity index is 801. The molecule has 0 atom stereocenters. The average Bonchev–Trinajstić information content (AvgIpc) is 3.30. The highest BCUT2D eigenvalue weighted by atomic mass is 16.5. The Morgan fingerprint density at radius 1 is 1.03 bits per heavy atom. The molecule has 0 unspecified atom stereocenters. The van der Waals surface area contributed by atoms with Gasteiger partial charge in [0, 0.05) is 56.8 Å². The van der Waals surface area contributed by atoms with Crippen molar-refractivity contribution in [3.8, 4) is 0 Å². The van der Waals surface area contributed by atoms with Gasteiger partial charge in [-0.2, -0.15) is 0 Å². The molecule has 0 bridgehead atoms. The van der Waals surface area contributed by atoms with E-state index in [-0.39, 0.29) is 5.91 Å². The van der Waals surface area contributed by atoms with Gasteiger partial charge >= 0.3 is 0 Å². The Labute approximate surface area is 171 Å². The molecule has 1 amide bonds. The topological polar surface area (TPSA) is 82.6 Å². The number of morpholine rings is 1. The van der Waals surface area contributed by atoms with Crippen LogP contribution in [0.3, 0.4) is 0 Å². The number of nitrogens with one attached hydrogen (secondary N) is 2. The van der Waals surface area contributed by atoms with E-state index in [1.807, 2.05) is 12.1 Å². The van der Waals surface area contributed by atoms with Crippen molar-refractivity contribution in [3.05, 3.63) is 42.2 Å². The second-order valence-electron chi connectivity index (χ2n) is 7.34. The lowest BCUT2D eigenvalue weighted by Crippen LogP contribution is -2.41. The Hall–Kier alpha value is -2.71. The summed E-state index contributed by atoms with van der Waals surface area (Å²) in [5.74, 6) is 0.229. The maximum atomic E-state index is 12.4. The molecule has 0 saturated carbocycles. The van der Waals surface area contributed by atoms with Crippen LogP contribution in [0.4, 0.5) is 17.3 Å². The minimum atomic E-state index is -0.187. The molecule has 4 rings (SSSR count). The Morgan fingerprint density at radius 3 is 2.55 bits per heavy atom. The summed E-state index contributed by atoms with van der Waals surface area (Å²) in [5.41, 5.74) is 2.50. The Balaban J connectivity index is 1.30. The first-order chi connectivity index (χ1) is 14.3. The van der Waals surface area contributed by atoms with E-state index in [0.717, 1.165) is 51.6 Å². The largest absolute Gasteiger partial charge is 0.379 e. The number of nitrogens with zero attached hydrogens (tertiary/aromatic N) is 4. The SMILES string of the molecule is O=C(NCCN1CCOCC1)c1ccnc(Nc2ccc(N3CCCC3)cc2)n1. The van der Waals surface area contributed by atoms with Crippen molar-refractivity contribution in [1.29, 1.82) is 0 Å². The maximum Gasteiger partial charge on any atom is 0.270 e. The molecule has 1 aromatic heterocycles. The standard InChI is InChI=1S/C21H28N6O2/c28-20(22-9-12-26-13-15-29-16-14-26)19-7-8-23-21(25-19)24-17-3-5-18(6-4-17)27-10-1-2-11-27/h3-8H,1-2,9-16H2,(H,22,28)(H,23,24,25). The van der Waals surface area contributed by atoms with Crippen LogP contribution in [0.25, 0.3) is 0 Å². The molecular formula is C21H28N6O2. The van der Waals surface area contributed by atoms with Gasteiger partial charge in [0.1, 0.15) is 5.69 Å². The predicted molar refractivity (Wildman–Crippen MR) is 113 cm³/mol. The minimum Gasteiger partial charge on any atom is -0.379 e. The fourth-order valence-corrected chi connectivity index (χ4v) is 3.65. The summed E-state index contributed by atoms with van der Waals surface area (Å²) in [7, 11) is 0. The molecular weight excluding hydrogens is 368 g/mol. The molecule has 2 aromatic rings. The van der Waals surface area contributed by atoms with Crippen LogP contribution < -0.4 is 15.5 Å². The fourth-order valence-electron chi connectivity index (χ4n) is 3.65. The monoisotopic (exact) mass is 396 g/mol. The van der Waals surface area contributed by atoms with E-state index in [4.69, 9.17) is 4.74 Å². The summed E-state index contributed by atoms with van der Waals surface area (Å²) in [4.78, 5) is 25.7. The Morgan fingerprint density at radius 2 is 1.79 bits per heavy atom. The summed E-state index contributed by atoms with van der Waals surface area (Å²) in [6, 6.07) is 9.88. The third-order valence-corrected chi connectivity index (χ3v) is 5.30. The minimum absolute atomic E-state index is 0.187. The van der Waals surface area contributed by atoms with Gasteiger partial charge in [-0.3, -0.25) is 9.69 Å². The van der Waals surface area contributed by atoms with Crippen molar-refractivity contribution in [2.75, 3.05) is 62.7 Å². The van der Waals surface area contributed by atoms with Gasteiger partial charge in [-0.15, -0.1) is 0 Å². The van der Waals surface area contributed by atoms with Crippen LogP contribution in [0.2, 0.25) is 0 Å². The number of anilines is 3. The first-order valence-electron chi connectivity index (χ1n) is 10.3. The van der Waals surface area contributed by atoms with Crippen molar-refractivity contribution in [3.63, 3.8) is 0 Å². The second kappa shape index (κ2) is 9.67. The third kappa shape index (κ3) is 5.42. The van der Waals surface area contributed by atoms with Crippen LogP contribution in [-0.2, 0) is 4.74 Å².